The fourth-order valence-corrected chi connectivity index (χ4v) is 2.03. The molecule has 3 N–H and O–H groups in total. The molecule has 0 aliphatic carbocycles. The molecule has 1 aromatic heterocycles. The van der Waals surface area contributed by atoms with E-state index in [4.69, 9.17) is 17.3 Å². The quantitative estimate of drug-likeness (QED) is 0.903. The van der Waals surface area contributed by atoms with Crippen LogP contribution in [0.5, 0.6) is 0 Å². The summed E-state index contributed by atoms with van der Waals surface area (Å²) in [5, 5.41) is 4.30. The fourth-order valence-electron chi connectivity index (χ4n) is 1.81. The molecule has 1 heterocycles. The number of fused-ring (bicyclic) bond motifs is 1. The maximum absolute atomic E-state index is 11.8. The molecule has 0 saturated carbocycles. The molecule has 2 aromatic rings. The first kappa shape index (κ1) is 13.8. The number of halogens is 1. The van der Waals surface area contributed by atoms with Gasteiger partial charge in [-0.1, -0.05) is 11.6 Å². The Morgan fingerprint density at radius 2 is 2.26 bits per heavy atom. The van der Waals surface area contributed by atoms with Crippen LogP contribution in [0.25, 0.3) is 10.9 Å². The van der Waals surface area contributed by atoms with Gasteiger partial charge in [0.05, 0.1) is 16.2 Å². The lowest BCUT2D eigenvalue weighted by Gasteiger charge is -2.09. The van der Waals surface area contributed by atoms with E-state index in [2.05, 4.69) is 10.3 Å². The van der Waals surface area contributed by atoms with Crippen LogP contribution >= 0.6 is 11.6 Å². The average Bonchev–Trinajstić information content (AvgIpc) is 2.40. The first-order chi connectivity index (χ1) is 9.08. The summed E-state index contributed by atoms with van der Waals surface area (Å²) in [5.74, 6) is -0.0634. The summed E-state index contributed by atoms with van der Waals surface area (Å²) in [6, 6.07) is 7.23. The van der Waals surface area contributed by atoms with Crippen molar-refractivity contribution in [2.75, 3.05) is 5.32 Å². The van der Waals surface area contributed by atoms with Crippen molar-refractivity contribution in [3.05, 3.63) is 35.5 Å². The van der Waals surface area contributed by atoms with Gasteiger partial charge in [-0.25, -0.2) is 0 Å². The second-order valence-electron chi connectivity index (χ2n) is 4.56. The van der Waals surface area contributed by atoms with Gasteiger partial charge in [0.1, 0.15) is 0 Å². The lowest BCUT2D eigenvalue weighted by molar-refractivity contribution is -0.116. The maximum atomic E-state index is 11.8. The van der Waals surface area contributed by atoms with Crippen LogP contribution in [-0.4, -0.2) is 16.9 Å². The summed E-state index contributed by atoms with van der Waals surface area (Å²) >= 11 is 6.10. The summed E-state index contributed by atoms with van der Waals surface area (Å²) in [4.78, 5) is 16.1. The number of hydrogen-bond donors (Lipinski definition) is 2. The highest BCUT2D eigenvalue weighted by Gasteiger charge is 2.09. The molecule has 0 aliphatic rings. The first-order valence-corrected chi connectivity index (χ1v) is 6.54. The summed E-state index contributed by atoms with van der Waals surface area (Å²) in [7, 11) is 0. The number of benzene rings is 1. The fraction of sp³-hybridized carbons (Fsp3) is 0.286. The van der Waals surface area contributed by atoms with Crippen molar-refractivity contribution in [2.45, 2.75) is 25.8 Å². The molecule has 5 heteroatoms. The van der Waals surface area contributed by atoms with Crippen molar-refractivity contribution in [2.24, 2.45) is 5.73 Å². The number of rotatable bonds is 4. The van der Waals surface area contributed by atoms with Gasteiger partial charge >= 0.3 is 0 Å². The Balaban J connectivity index is 2.21. The molecule has 0 saturated heterocycles. The third-order valence-corrected chi connectivity index (χ3v) is 3.15. The number of nitrogens with zero attached hydrogens (tertiary/aromatic N) is 1. The first-order valence-electron chi connectivity index (χ1n) is 6.16. The van der Waals surface area contributed by atoms with Crippen LogP contribution in [0.1, 0.15) is 19.8 Å². The number of hydrogen-bond acceptors (Lipinski definition) is 3. The maximum Gasteiger partial charge on any atom is 0.224 e. The van der Waals surface area contributed by atoms with E-state index in [9.17, 15) is 4.79 Å². The van der Waals surface area contributed by atoms with Gasteiger partial charge in [-0.2, -0.15) is 0 Å². The molecule has 0 bridgehead atoms. The van der Waals surface area contributed by atoms with Gasteiger partial charge in [0.15, 0.2) is 0 Å². The lowest BCUT2D eigenvalue weighted by atomic mass is 10.1. The Labute approximate surface area is 117 Å². The molecule has 19 heavy (non-hydrogen) atoms. The molecule has 4 nitrogen and oxygen atoms in total. The standard InChI is InChI=1S/C14H16ClN3O/c1-9(16)4-7-13(19)18-12-6-5-11(15)10-3-2-8-17-14(10)12/h2-3,5-6,8-9H,4,7,16H2,1H3,(H,18,19). The largest absolute Gasteiger partial charge is 0.328 e. The van der Waals surface area contributed by atoms with E-state index in [0.29, 0.717) is 29.1 Å². The van der Waals surface area contributed by atoms with Crippen molar-refractivity contribution in [3.63, 3.8) is 0 Å². The predicted octanol–water partition coefficient (Wildman–Crippen LogP) is 2.95. The number of nitrogens with two attached hydrogens (primary N) is 1. The number of carbonyl (C=O) groups excluding carboxylic acids is 1. The Bertz CT molecular complexity index is 598. The van der Waals surface area contributed by atoms with Crippen molar-refractivity contribution in [3.8, 4) is 0 Å². The molecular weight excluding hydrogens is 262 g/mol. The third-order valence-electron chi connectivity index (χ3n) is 2.82. The van der Waals surface area contributed by atoms with Crippen molar-refractivity contribution in [1.82, 2.24) is 4.98 Å². The van der Waals surface area contributed by atoms with Crippen LogP contribution in [0.4, 0.5) is 5.69 Å². The number of aromatic nitrogens is 1. The van der Waals surface area contributed by atoms with E-state index >= 15 is 0 Å². The van der Waals surface area contributed by atoms with Gasteiger partial charge in [0, 0.05) is 24.0 Å². The number of pyridine rings is 1. The van der Waals surface area contributed by atoms with Crippen molar-refractivity contribution >= 4 is 34.1 Å². The number of anilines is 1. The molecule has 0 fully saturated rings. The zero-order chi connectivity index (χ0) is 13.8. The lowest BCUT2D eigenvalue weighted by Crippen LogP contribution is -2.19. The SMILES string of the molecule is CC(N)CCC(=O)Nc1ccc(Cl)c2cccnc12. The Hall–Kier alpha value is -1.65. The molecule has 0 spiro atoms. The van der Waals surface area contributed by atoms with E-state index in [1.54, 1.807) is 18.3 Å². The van der Waals surface area contributed by atoms with E-state index in [0.717, 1.165) is 5.39 Å². The Morgan fingerprint density at radius 1 is 1.47 bits per heavy atom. The minimum Gasteiger partial charge on any atom is -0.328 e. The smallest absolute Gasteiger partial charge is 0.224 e. The average molecular weight is 278 g/mol. The van der Waals surface area contributed by atoms with Crippen LogP contribution < -0.4 is 11.1 Å². The molecule has 1 amide bonds. The highest BCUT2D eigenvalue weighted by Crippen LogP contribution is 2.28. The Kier molecular flexibility index (Phi) is 4.35. The summed E-state index contributed by atoms with van der Waals surface area (Å²) in [6.07, 6.45) is 2.73. The molecule has 0 radical (unpaired) electrons. The van der Waals surface area contributed by atoms with E-state index in [1.165, 1.54) is 0 Å². The highest BCUT2D eigenvalue weighted by atomic mass is 35.5. The zero-order valence-electron chi connectivity index (χ0n) is 10.7. The molecule has 1 atom stereocenters. The minimum atomic E-state index is -0.0634. The zero-order valence-corrected chi connectivity index (χ0v) is 11.4. The Morgan fingerprint density at radius 3 is 3.00 bits per heavy atom. The second-order valence-corrected chi connectivity index (χ2v) is 4.97. The summed E-state index contributed by atoms with van der Waals surface area (Å²) in [5.41, 5.74) is 7.01. The number of nitrogens with one attached hydrogen (secondary N) is 1. The normalized spacial score (nSPS) is 12.4. The third kappa shape index (κ3) is 3.43. The molecule has 1 aromatic carbocycles. The molecule has 0 aliphatic heterocycles. The van der Waals surface area contributed by atoms with E-state index in [1.807, 2.05) is 19.1 Å². The van der Waals surface area contributed by atoms with Crippen LogP contribution in [0.15, 0.2) is 30.5 Å². The van der Waals surface area contributed by atoms with Gasteiger partial charge in [-0.05, 0) is 37.6 Å². The topological polar surface area (TPSA) is 68.0 Å². The van der Waals surface area contributed by atoms with Gasteiger partial charge < -0.3 is 11.1 Å². The summed E-state index contributed by atoms with van der Waals surface area (Å²) in [6.45, 7) is 1.88. The van der Waals surface area contributed by atoms with Crippen LogP contribution in [0, 0.1) is 0 Å². The van der Waals surface area contributed by atoms with Gasteiger partial charge in [0.2, 0.25) is 5.91 Å². The second kappa shape index (κ2) is 5.99. The van der Waals surface area contributed by atoms with Gasteiger partial charge in [-0.3, -0.25) is 9.78 Å². The van der Waals surface area contributed by atoms with E-state index < -0.39 is 0 Å². The molecular formula is C14H16ClN3O. The molecule has 1 unspecified atom stereocenters. The van der Waals surface area contributed by atoms with Gasteiger partial charge in [0.25, 0.3) is 0 Å². The monoisotopic (exact) mass is 277 g/mol. The highest BCUT2D eigenvalue weighted by molar-refractivity contribution is 6.35. The summed E-state index contributed by atoms with van der Waals surface area (Å²) < 4.78 is 0. The molecule has 100 valence electrons. The van der Waals surface area contributed by atoms with E-state index in [-0.39, 0.29) is 11.9 Å². The number of amides is 1. The van der Waals surface area contributed by atoms with Crippen molar-refractivity contribution < 1.29 is 4.79 Å². The van der Waals surface area contributed by atoms with Gasteiger partial charge in [-0.15, -0.1) is 0 Å². The predicted molar refractivity (Wildman–Crippen MR) is 78.3 cm³/mol. The van der Waals surface area contributed by atoms with Crippen molar-refractivity contribution in [1.29, 1.82) is 0 Å². The van der Waals surface area contributed by atoms with Crippen LogP contribution in [0.2, 0.25) is 5.02 Å². The van der Waals surface area contributed by atoms with Crippen LogP contribution in [0.3, 0.4) is 0 Å². The number of carbonyl (C=O) groups is 1. The van der Waals surface area contributed by atoms with Crippen LogP contribution in [-0.2, 0) is 4.79 Å². The minimum absolute atomic E-state index is 0.0193. The molecule has 2 rings (SSSR count).